The van der Waals surface area contributed by atoms with Gasteiger partial charge in [-0.25, -0.2) is 4.98 Å². The molecule has 0 saturated carbocycles. The van der Waals surface area contributed by atoms with Crippen molar-refractivity contribution in [3.05, 3.63) is 55.7 Å². The predicted molar refractivity (Wildman–Crippen MR) is 83.8 cm³/mol. The number of aromatic nitrogens is 1. The summed E-state index contributed by atoms with van der Waals surface area (Å²) in [7, 11) is 0. The van der Waals surface area contributed by atoms with Crippen molar-refractivity contribution in [1.29, 1.82) is 0 Å². The summed E-state index contributed by atoms with van der Waals surface area (Å²) in [6.45, 7) is 1.95. The number of nitrogens with one attached hydrogen (secondary N) is 1. The number of hydrogen-bond donors (Lipinski definition) is 1. The third-order valence-electron chi connectivity index (χ3n) is 2.41. The summed E-state index contributed by atoms with van der Waals surface area (Å²) >= 11 is 5.52. The van der Waals surface area contributed by atoms with Crippen molar-refractivity contribution in [2.24, 2.45) is 0 Å². The van der Waals surface area contributed by atoms with Crippen molar-refractivity contribution in [3.8, 4) is 0 Å². The van der Waals surface area contributed by atoms with Gasteiger partial charge in [-0.05, 0) is 69.2 Å². The molecular weight excluding hydrogens is 407 g/mol. The van der Waals surface area contributed by atoms with Crippen LogP contribution in [-0.2, 0) is 0 Å². The Labute approximate surface area is 127 Å². The highest BCUT2D eigenvalue weighted by Crippen LogP contribution is 2.18. The van der Waals surface area contributed by atoms with Gasteiger partial charge in [0.15, 0.2) is 0 Å². The Kier molecular flexibility index (Phi) is 4.34. The summed E-state index contributed by atoms with van der Waals surface area (Å²) in [6, 6.07) is 9.27. The number of benzene rings is 1. The lowest BCUT2D eigenvalue weighted by atomic mass is 10.2. The first-order valence-electron chi connectivity index (χ1n) is 5.26. The zero-order chi connectivity index (χ0) is 13.1. The molecule has 1 amide bonds. The summed E-state index contributed by atoms with van der Waals surface area (Å²) in [5.41, 5.74) is 1.68. The van der Waals surface area contributed by atoms with Gasteiger partial charge in [-0.2, -0.15) is 0 Å². The summed E-state index contributed by atoms with van der Waals surface area (Å²) < 4.78 is 1.84. The van der Waals surface area contributed by atoms with Gasteiger partial charge in [-0.1, -0.05) is 12.1 Å². The molecule has 2 rings (SSSR count). The molecule has 5 heteroatoms. The summed E-state index contributed by atoms with van der Waals surface area (Å²) in [6.07, 6.45) is 1.68. The molecule has 1 heterocycles. The van der Waals surface area contributed by atoms with Gasteiger partial charge in [0.25, 0.3) is 5.91 Å². The van der Waals surface area contributed by atoms with Crippen LogP contribution < -0.4 is 5.32 Å². The Bertz CT molecular complexity index is 601. The first-order valence-corrected chi connectivity index (χ1v) is 7.13. The maximum atomic E-state index is 12.1. The van der Waals surface area contributed by atoms with Crippen molar-refractivity contribution in [1.82, 2.24) is 4.98 Å². The van der Waals surface area contributed by atoms with E-state index in [0.29, 0.717) is 11.4 Å². The number of anilines is 1. The molecule has 1 N–H and O–H groups in total. The van der Waals surface area contributed by atoms with E-state index >= 15 is 0 Å². The molecule has 1 aromatic carbocycles. The van der Waals surface area contributed by atoms with E-state index in [2.05, 4.69) is 48.8 Å². The van der Waals surface area contributed by atoms with Crippen molar-refractivity contribution in [3.63, 3.8) is 0 Å². The fourth-order valence-electron chi connectivity index (χ4n) is 1.44. The van der Waals surface area contributed by atoms with Crippen molar-refractivity contribution in [2.45, 2.75) is 6.92 Å². The normalized spacial score (nSPS) is 10.2. The zero-order valence-corrected chi connectivity index (χ0v) is 13.3. The summed E-state index contributed by atoms with van der Waals surface area (Å²) in [5, 5.41) is 2.79. The van der Waals surface area contributed by atoms with Gasteiger partial charge >= 0.3 is 0 Å². The van der Waals surface area contributed by atoms with Crippen LogP contribution in [0.15, 0.2) is 41.0 Å². The maximum absolute atomic E-state index is 12.1. The molecule has 0 saturated heterocycles. The smallest absolute Gasteiger partial charge is 0.257 e. The number of halogens is 2. The number of rotatable bonds is 2. The van der Waals surface area contributed by atoms with Crippen molar-refractivity contribution in [2.75, 3.05) is 5.32 Å². The quantitative estimate of drug-likeness (QED) is 0.751. The molecule has 3 nitrogen and oxygen atoms in total. The van der Waals surface area contributed by atoms with Crippen LogP contribution in [0, 0.1) is 10.5 Å². The molecule has 0 bridgehead atoms. The number of carbonyl (C=O) groups excluding carboxylic acids is 1. The van der Waals surface area contributed by atoms with Gasteiger partial charge in [0.2, 0.25) is 0 Å². The topological polar surface area (TPSA) is 42.0 Å². The second kappa shape index (κ2) is 5.79. The lowest BCUT2D eigenvalue weighted by Gasteiger charge is -2.07. The fourth-order valence-corrected chi connectivity index (χ4v) is 2.29. The van der Waals surface area contributed by atoms with Crippen molar-refractivity contribution >= 4 is 50.2 Å². The molecular formula is C13H10BrIN2O. The van der Waals surface area contributed by atoms with Gasteiger partial charge in [-0.3, -0.25) is 4.79 Å². The SMILES string of the molecule is Cc1cc(NC(=O)c2ccccc2I)ncc1Br. The summed E-state index contributed by atoms with van der Waals surface area (Å²) in [5.74, 6) is 0.412. The minimum absolute atomic E-state index is 0.144. The molecule has 0 unspecified atom stereocenters. The van der Waals surface area contributed by atoms with Gasteiger partial charge < -0.3 is 5.32 Å². The van der Waals surface area contributed by atoms with E-state index in [9.17, 15) is 4.79 Å². The number of pyridine rings is 1. The maximum Gasteiger partial charge on any atom is 0.257 e. The second-order valence-corrected chi connectivity index (χ2v) is 5.77. The second-order valence-electron chi connectivity index (χ2n) is 3.75. The van der Waals surface area contributed by atoms with E-state index in [4.69, 9.17) is 0 Å². The molecule has 0 aliphatic carbocycles. The van der Waals surface area contributed by atoms with Crippen LogP contribution >= 0.6 is 38.5 Å². The van der Waals surface area contributed by atoms with Crippen LogP contribution in [0.4, 0.5) is 5.82 Å². The van der Waals surface area contributed by atoms with Crippen LogP contribution in [0.5, 0.6) is 0 Å². The Hall–Kier alpha value is -0.950. The van der Waals surface area contributed by atoms with E-state index in [1.807, 2.05) is 31.2 Å². The van der Waals surface area contributed by atoms with E-state index in [-0.39, 0.29) is 5.91 Å². The molecule has 1 aromatic heterocycles. The number of amides is 1. The van der Waals surface area contributed by atoms with E-state index in [1.54, 1.807) is 12.3 Å². The third-order valence-corrected chi connectivity index (χ3v) is 4.18. The molecule has 0 fully saturated rings. The highest BCUT2D eigenvalue weighted by Gasteiger charge is 2.10. The van der Waals surface area contributed by atoms with Crippen molar-refractivity contribution < 1.29 is 4.79 Å². The molecule has 0 atom stereocenters. The Balaban J connectivity index is 2.22. The lowest BCUT2D eigenvalue weighted by Crippen LogP contribution is -2.14. The number of aryl methyl sites for hydroxylation is 1. The molecule has 2 aromatic rings. The van der Waals surface area contributed by atoms with E-state index < -0.39 is 0 Å². The monoisotopic (exact) mass is 416 g/mol. The van der Waals surface area contributed by atoms with Crippen LogP contribution in [-0.4, -0.2) is 10.9 Å². The minimum atomic E-state index is -0.144. The van der Waals surface area contributed by atoms with Crippen LogP contribution in [0.25, 0.3) is 0 Å². The zero-order valence-electron chi connectivity index (χ0n) is 9.58. The number of hydrogen-bond acceptors (Lipinski definition) is 2. The van der Waals surface area contributed by atoms with E-state index in [1.165, 1.54) is 0 Å². The molecule has 92 valence electrons. The Morgan fingerprint density at radius 2 is 2.11 bits per heavy atom. The van der Waals surface area contributed by atoms with Gasteiger partial charge in [0, 0.05) is 14.2 Å². The third kappa shape index (κ3) is 3.08. The fraction of sp³-hybridized carbons (Fsp3) is 0.0769. The average molecular weight is 417 g/mol. The standard InChI is InChI=1S/C13H10BrIN2O/c1-8-6-12(16-7-10(8)14)17-13(18)9-4-2-3-5-11(9)15/h2-7H,1H3,(H,16,17,18). The average Bonchev–Trinajstić information content (AvgIpc) is 2.34. The molecule has 18 heavy (non-hydrogen) atoms. The summed E-state index contributed by atoms with van der Waals surface area (Å²) in [4.78, 5) is 16.2. The number of carbonyl (C=O) groups is 1. The van der Waals surface area contributed by atoms with Crippen LogP contribution in [0.3, 0.4) is 0 Å². The van der Waals surface area contributed by atoms with Crippen LogP contribution in [0.1, 0.15) is 15.9 Å². The van der Waals surface area contributed by atoms with Gasteiger partial charge in [0.1, 0.15) is 5.82 Å². The Morgan fingerprint density at radius 1 is 1.39 bits per heavy atom. The Morgan fingerprint density at radius 3 is 2.78 bits per heavy atom. The molecule has 0 radical (unpaired) electrons. The highest BCUT2D eigenvalue weighted by molar-refractivity contribution is 14.1. The highest BCUT2D eigenvalue weighted by atomic mass is 127. The molecule has 0 spiro atoms. The van der Waals surface area contributed by atoms with Gasteiger partial charge in [-0.15, -0.1) is 0 Å². The molecule has 0 aliphatic rings. The predicted octanol–water partition coefficient (Wildman–Crippen LogP) is 4.01. The minimum Gasteiger partial charge on any atom is -0.307 e. The first-order chi connectivity index (χ1) is 8.58. The first kappa shape index (κ1) is 13.5. The molecule has 0 aliphatic heterocycles. The van der Waals surface area contributed by atoms with Crippen LogP contribution in [0.2, 0.25) is 0 Å². The van der Waals surface area contributed by atoms with E-state index in [0.717, 1.165) is 13.6 Å². The lowest BCUT2D eigenvalue weighted by molar-refractivity contribution is 0.102. The van der Waals surface area contributed by atoms with Gasteiger partial charge in [0.05, 0.1) is 5.56 Å². The number of nitrogens with zero attached hydrogens (tertiary/aromatic N) is 1. The largest absolute Gasteiger partial charge is 0.307 e.